The minimum absolute atomic E-state index is 0.0427. The third kappa shape index (κ3) is 4.82. The summed E-state index contributed by atoms with van der Waals surface area (Å²) < 4.78 is 0. The lowest BCUT2D eigenvalue weighted by Gasteiger charge is -2.20. The summed E-state index contributed by atoms with van der Waals surface area (Å²) in [6.45, 7) is 6.38. The molecule has 5 nitrogen and oxygen atoms in total. The van der Waals surface area contributed by atoms with Gasteiger partial charge >= 0.3 is 0 Å². The number of carbonyl (C=O) groups is 1. The van der Waals surface area contributed by atoms with E-state index in [1.54, 1.807) is 6.07 Å². The zero-order valence-corrected chi connectivity index (χ0v) is 13.8. The van der Waals surface area contributed by atoms with E-state index in [4.69, 9.17) is 5.11 Å². The van der Waals surface area contributed by atoms with E-state index >= 15 is 0 Å². The van der Waals surface area contributed by atoms with Crippen molar-refractivity contribution in [2.24, 2.45) is 0 Å². The highest BCUT2D eigenvalue weighted by molar-refractivity contribution is 7.09. The van der Waals surface area contributed by atoms with Crippen LogP contribution >= 0.6 is 11.3 Å². The number of rotatable bonds is 5. The minimum atomic E-state index is -0.262. The molecular formula is C16H21N3O2S. The normalized spacial score (nSPS) is 11.3. The Morgan fingerprint density at radius 1 is 1.36 bits per heavy atom. The molecule has 1 amide bonds. The van der Waals surface area contributed by atoms with Gasteiger partial charge in [-0.3, -0.25) is 4.79 Å². The molecule has 0 spiro atoms. The largest absolute Gasteiger partial charge is 0.390 e. The second kappa shape index (κ2) is 6.89. The summed E-state index contributed by atoms with van der Waals surface area (Å²) in [4.78, 5) is 16.4. The number of hydrogen-bond acceptors (Lipinski definition) is 5. The van der Waals surface area contributed by atoms with Gasteiger partial charge in [-0.25, -0.2) is 4.98 Å². The number of amides is 1. The lowest BCUT2D eigenvalue weighted by molar-refractivity contribution is 0.0919. The topological polar surface area (TPSA) is 74.2 Å². The van der Waals surface area contributed by atoms with Gasteiger partial charge in [-0.15, -0.1) is 11.3 Å². The Balaban J connectivity index is 2.00. The van der Waals surface area contributed by atoms with Crippen LogP contribution in [-0.2, 0) is 13.2 Å². The molecule has 0 aliphatic heterocycles. The average Bonchev–Trinajstić information content (AvgIpc) is 2.92. The van der Waals surface area contributed by atoms with E-state index in [2.05, 4.69) is 15.6 Å². The highest BCUT2D eigenvalue weighted by atomic mass is 32.1. The lowest BCUT2D eigenvalue weighted by atomic mass is 10.1. The summed E-state index contributed by atoms with van der Waals surface area (Å²) in [6, 6.07) is 7.37. The molecular weight excluding hydrogens is 298 g/mol. The Bertz CT molecular complexity index is 647. The molecule has 0 radical (unpaired) electrons. The number of aromatic nitrogens is 1. The number of nitrogens with one attached hydrogen (secondary N) is 2. The smallest absolute Gasteiger partial charge is 0.251 e. The van der Waals surface area contributed by atoms with Crippen LogP contribution in [0.2, 0.25) is 0 Å². The summed E-state index contributed by atoms with van der Waals surface area (Å²) in [5, 5.41) is 17.9. The van der Waals surface area contributed by atoms with Crippen LogP contribution in [0, 0.1) is 0 Å². The van der Waals surface area contributed by atoms with Crippen LogP contribution in [0.4, 0.5) is 5.69 Å². The number of carbonyl (C=O) groups excluding carboxylic acids is 1. The molecule has 0 fully saturated rings. The number of benzene rings is 1. The van der Waals surface area contributed by atoms with Gasteiger partial charge in [0.15, 0.2) is 0 Å². The maximum absolute atomic E-state index is 12.2. The molecule has 0 atom stereocenters. The predicted molar refractivity (Wildman–Crippen MR) is 89.0 cm³/mol. The van der Waals surface area contributed by atoms with Crippen LogP contribution in [0.15, 0.2) is 29.6 Å². The van der Waals surface area contributed by atoms with Gasteiger partial charge in [0.05, 0.1) is 18.8 Å². The van der Waals surface area contributed by atoms with E-state index in [1.807, 2.05) is 44.4 Å². The second-order valence-electron chi connectivity index (χ2n) is 6.03. The van der Waals surface area contributed by atoms with E-state index in [0.29, 0.717) is 17.8 Å². The average molecular weight is 319 g/mol. The van der Waals surface area contributed by atoms with Crippen LogP contribution in [0.25, 0.3) is 0 Å². The first-order valence-corrected chi connectivity index (χ1v) is 7.96. The third-order valence-corrected chi connectivity index (χ3v) is 3.72. The molecule has 1 aromatic carbocycles. The molecule has 2 aromatic rings. The molecule has 118 valence electrons. The highest BCUT2D eigenvalue weighted by Crippen LogP contribution is 2.15. The number of aliphatic hydroxyl groups is 1. The van der Waals surface area contributed by atoms with Crippen LogP contribution < -0.4 is 10.6 Å². The number of anilines is 1. The van der Waals surface area contributed by atoms with Crippen molar-refractivity contribution in [3.05, 3.63) is 45.9 Å². The van der Waals surface area contributed by atoms with Crippen molar-refractivity contribution in [3.8, 4) is 0 Å². The summed E-state index contributed by atoms with van der Waals surface area (Å²) >= 11 is 1.50. The fourth-order valence-electron chi connectivity index (χ4n) is 1.86. The maximum Gasteiger partial charge on any atom is 0.251 e. The van der Waals surface area contributed by atoms with E-state index in [9.17, 15) is 4.79 Å². The van der Waals surface area contributed by atoms with E-state index in [0.717, 1.165) is 10.7 Å². The van der Waals surface area contributed by atoms with E-state index in [-0.39, 0.29) is 18.1 Å². The Kier molecular flexibility index (Phi) is 5.15. The lowest BCUT2D eigenvalue weighted by Crippen LogP contribution is -2.40. The summed E-state index contributed by atoms with van der Waals surface area (Å²) in [5.74, 6) is -0.0898. The van der Waals surface area contributed by atoms with Crippen molar-refractivity contribution in [1.29, 1.82) is 0 Å². The van der Waals surface area contributed by atoms with Gasteiger partial charge in [0.2, 0.25) is 0 Å². The summed E-state index contributed by atoms with van der Waals surface area (Å²) in [7, 11) is 0. The molecule has 6 heteroatoms. The molecule has 0 unspecified atom stereocenters. The van der Waals surface area contributed by atoms with Gasteiger partial charge in [-0.05, 0) is 39.0 Å². The van der Waals surface area contributed by atoms with Crippen molar-refractivity contribution in [1.82, 2.24) is 10.3 Å². The predicted octanol–water partition coefficient (Wildman–Crippen LogP) is 2.78. The molecule has 0 aliphatic rings. The Morgan fingerprint density at radius 2 is 2.14 bits per heavy atom. The van der Waals surface area contributed by atoms with Gasteiger partial charge < -0.3 is 15.7 Å². The Hall–Kier alpha value is -1.92. The molecule has 0 aliphatic carbocycles. The first-order valence-electron chi connectivity index (χ1n) is 7.08. The van der Waals surface area contributed by atoms with Crippen molar-refractivity contribution >= 4 is 22.9 Å². The molecule has 0 saturated carbocycles. The molecule has 2 rings (SSSR count). The first kappa shape index (κ1) is 16.5. The number of aliphatic hydroxyl groups excluding tert-OH is 1. The fraction of sp³-hybridized carbons (Fsp3) is 0.375. The monoisotopic (exact) mass is 319 g/mol. The van der Waals surface area contributed by atoms with E-state index < -0.39 is 0 Å². The van der Waals surface area contributed by atoms with Crippen LogP contribution in [0.1, 0.15) is 41.8 Å². The molecule has 3 N–H and O–H groups in total. The zero-order chi connectivity index (χ0) is 16.2. The number of nitrogens with zero attached hydrogens (tertiary/aromatic N) is 1. The first-order chi connectivity index (χ1) is 10.4. The third-order valence-electron chi connectivity index (χ3n) is 2.82. The fourth-order valence-corrected chi connectivity index (χ4v) is 2.59. The van der Waals surface area contributed by atoms with Crippen LogP contribution in [0.5, 0.6) is 0 Å². The zero-order valence-electron chi connectivity index (χ0n) is 13.0. The van der Waals surface area contributed by atoms with Crippen LogP contribution in [-0.4, -0.2) is 21.5 Å². The SMILES string of the molecule is CC(C)(C)NC(=O)c1cccc(NCc2nc(CO)cs2)c1. The maximum atomic E-state index is 12.2. The second-order valence-corrected chi connectivity index (χ2v) is 6.97. The summed E-state index contributed by atoms with van der Waals surface area (Å²) in [5.41, 5.74) is 1.90. The number of hydrogen-bond donors (Lipinski definition) is 3. The molecule has 1 heterocycles. The minimum Gasteiger partial charge on any atom is -0.390 e. The van der Waals surface area contributed by atoms with Crippen molar-refractivity contribution in [2.45, 2.75) is 39.5 Å². The quantitative estimate of drug-likeness (QED) is 0.792. The van der Waals surface area contributed by atoms with Crippen LogP contribution in [0.3, 0.4) is 0 Å². The van der Waals surface area contributed by atoms with Gasteiger partial charge in [0.1, 0.15) is 5.01 Å². The van der Waals surface area contributed by atoms with Crippen molar-refractivity contribution < 1.29 is 9.90 Å². The molecule has 0 saturated heterocycles. The van der Waals surface area contributed by atoms with Crippen molar-refractivity contribution in [2.75, 3.05) is 5.32 Å². The molecule has 0 bridgehead atoms. The Morgan fingerprint density at radius 3 is 2.77 bits per heavy atom. The van der Waals surface area contributed by atoms with Gasteiger partial charge in [-0.1, -0.05) is 6.07 Å². The Labute approximate surface area is 134 Å². The molecule has 22 heavy (non-hydrogen) atoms. The highest BCUT2D eigenvalue weighted by Gasteiger charge is 2.15. The standard InChI is InChI=1S/C16H21N3O2S/c1-16(2,3)19-15(21)11-5-4-6-12(7-11)17-8-14-18-13(9-20)10-22-14/h4-7,10,17,20H,8-9H2,1-3H3,(H,19,21). The van der Waals surface area contributed by atoms with E-state index in [1.165, 1.54) is 11.3 Å². The molecule has 1 aromatic heterocycles. The summed E-state index contributed by atoms with van der Waals surface area (Å²) in [6.07, 6.45) is 0. The van der Waals surface area contributed by atoms with Gasteiger partial charge in [0.25, 0.3) is 5.91 Å². The van der Waals surface area contributed by atoms with Gasteiger partial charge in [-0.2, -0.15) is 0 Å². The number of thiazole rings is 1. The van der Waals surface area contributed by atoms with Crippen molar-refractivity contribution in [3.63, 3.8) is 0 Å². The van der Waals surface area contributed by atoms with Gasteiger partial charge in [0, 0.05) is 22.2 Å².